The number of para-hydroxylation sites is 1. The van der Waals surface area contributed by atoms with Gasteiger partial charge in [-0.15, -0.1) is 0 Å². The summed E-state index contributed by atoms with van der Waals surface area (Å²) in [5, 5.41) is 2.81. The highest BCUT2D eigenvalue weighted by atomic mass is 16.2. The van der Waals surface area contributed by atoms with Gasteiger partial charge in [-0.2, -0.15) is 0 Å². The van der Waals surface area contributed by atoms with Crippen LogP contribution in [0, 0.1) is 0 Å². The van der Waals surface area contributed by atoms with Crippen LogP contribution in [0.15, 0.2) is 61.2 Å². The normalized spacial score (nSPS) is 14.7. The quantitative estimate of drug-likeness (QED) is 0.944. The predicted molar refractivity (Wildman–Crippen MR) is 86.2 cm³/mol. The van der Waals surface area contributed by atoms with Gasteiger partial charge >= 0.3 is 0 Å². The number of benzene rings is 2. The van der Waals surface area contributed by atoms with E-state index in [-0.39, 0.29) is 11.8 Å². The van der Waals surface area contributed by atoms with Gasteiger partial charge in [0, 0.05) is 22.5 Å². The topological polar surface area (TPSA) is 49.4 Å². The summed E-state index contributed by atoms with van der Waals surface area (Å²) in [5.41, 5.74) is 2.64. The summed E-state index contributed by atoms with van der Waals surface area (Å²) in [4.78, 5) is 26.3. The fraction of sp³-hybridized carbons (Fsp3) is 0.111. The van der Waals surface area contributed by atoms with E-state index in [9.17, 15) is 9.59 Å². The number of nitrogens with one attached hydrogen (secondary N) is 1. The summed E-state index contributed by atoms with van der Waals surface area (Å²) in [6, 6.07) is 15.8. The molecular formula is C18H16N2O2. The van der Waals surface area contributed by atoms with Crippen LogP contribution in [0.5, 0.6) is 0 Å². The zero-order chi connectivity index (χ0) is 15.7. The van der Waals surface area contributed by atoms with Crippen LogP contribution in [0.2, 0.25) is 0 Å². The molecule has 0 aliphatic carbocycles. The van der Waals surface area contributed by atoms with Crippen molar-refractivity contribution in [2.24, 2.45) is 0 Å². The summed E-state index contributed by atoms with van der Waals surface area (Å²) < 4.78 is 0. The molecular weight excluding hydrogens is 276 g/mol. The van der Waals surface area contributed by atoms with Crippen LogP contribution in [0.1, 0.15) is 22.8 Å². The van der Waals surface area contributed by atoms with Crippen LogP contribution in [0.25, 0.3) is 5.70 Å². The third-order valence-electron chi connectivity index (χ3n) is 3.79. The second-order valence-electron chi connectivity index (χ2n) is 5.20. The molecule has 3 rings (SSSR count). The monoisotopic (exact) mass is 292 g/mol. The first kappa shape index (κ1) is 14.1. The molecule has 1 unspecified atom stereocenters. The van der Waals surface area contributed by atoms with Crippen LogP contribution >= 0.6 is 0 Å². The van der Waals surface area contributed by atoms with Gasteiger partial charge in [-0.05, 0) is 25.1 Å². The molecule has 1 aliphatic heterocycles. The summed E-state index contributed by atoms with van der Waals surface area (Å²) in [6.45, 7) is 5.66. The molecule has 4 nitrogen and oxygen atoms in total. The minimum absolute atomic E-state index is 0.184. The Balaban J connectivity index is 1.81. The van der Waals surface area contributed by atoms with Gasteiger partial charge in [0.05, 0.1) is 0 Å². The average Bonchev–Trinajstić information content (AvgIpc) is 2.79. The Morgan fingerprint density at radius 3 is 2.27 bits per heavy atom. The lowest BCUT2D eigenvalue weighted by Gasteiger charge is -2.24. The van der Waals surface area contributed by atoms with Crippen molar-refractivity contribution in [2.45, 2.75) is 13.0 Å². The van der Waals surface area contributed by atoms with Crippen molar-refractivity contribution >= 4 is 23.2 Å². The number of fused-ring (bicyclic) bond motifs is 1. The van der Waals surface area contributed by atoms with Crippen molar-refractivity contribution in [3.63, 3.8) is 0 Å². The molecule has 0 spiro atoms. The number of anilines is 1. The molecule has 2 aromatic rings. The molecule has 1 heterocycles. The molecule has 2 amide bonds. The standard InChI is InChI=1S/C18H16N2O2/c1-12-15-10-6-7-11-16(15)18(22)20(12)13(2)17(21)19-14-8-4-3-5-9-14/h3-11,13H,1H2,2H3,(H,19,21). The van der Waals surface area contributed by atoms with Gasteiger partial charge in [0.1, 0.15) is 6.04 Å². The van der Waals surface area contributed by atoms with Crippen molar-refractivity contribution in [3.8, 4) is 0 Å². The third kappa shape index (κ3) is 2.29. The lowest BCUT2D eigenvalue weighted by atomic mass is 10.1. The smallest absolute Gasteiger partial charge is 0.259 e. The SMILES string of the molecule is C=C1c2ccccc2C(=O)N1C(C)C(=O)Nc1ccccc1. The number of hydrogen-bond donors (Lipinski definition) is 1. The first-order valence-electron chi connectivity index (χ1n) is 7.07. The Morgan fingerprint density at radius 1 is 1.05 bits per heavy atom. The molecule has 110 valence electrons. The summed E-state index contributed by atoms with van der Waals surface area (Å²) in [5.74, 6) is -0.426. The van der Waals surface area contributed by atoms with Crippen molar-refractivity contribution in [1.82, 2.24) is 4.90 Å². The van der Waals surface area contributed by atoms with E-state index < -0.39 is 6.04 Å². The Bertz CT molecular complexity index is 718. The highest BCUT2D eigenvalue weighted by Crippen LogP contribution is 2.33. The van der Waals surface area contributed by atoms with E-state index in [1.54, 1.807) is 25.1 Å². The molecule has 0 saturated heterocycles. The number of nitrogens with zero attached hydrogens (tertiary/aromatic N) is 1. The van der Waals surface area contributed by atoms with Crippen LogP contribution in [0.3, 0.4) is 0 Å². The van der Waals surface area contributed by atoms with Gasteiger partial charge in [-0.1, -0.05) is 43.0 Å². The van der Waals surface area contributed by atoms with Gasteiger partial charge in [0.15, 0.2) is 0 Å². The second kappa shape index (κ2) is 5.48. The van der Waals surface area contributed by atoms with Gasteiger partial charge in [-0.3, -0.25) is 14.5 Å². The first-order valence-corrected chi connectivity index (χ1v) is 7.07. The molecule has 0 aromatic heterocycles. The van der Waals surface area contributed by atoms with E-state index in [1.165, 1.54) is 4.90 Å². The van der Waals surface area contributed by atoms with Crippen molar-refractivity contribution in [1.29, 1.82) is 0 Å². The number of carbonyl (C=O) groups excluding carboxylic acids is 2. The largest absolute Gasteiger partial charge is 0.324 e. The predicted octanol–water partition coefficient (Wildman–Crippen LogP) is 3.14. The summed E-state index contributed by atoms with van der Waals surface area (Å²) in [7, 11) is 0. The zero-order valence-corrected chi connectivity index (χ0v) is 12.2. The van der Waals surface area contributed by atoms with Gasteiger partial charge in [0.2, 0.25) is 5.91 Å². The van der Waals surface area contributed by atoms with Crippen LogP contribution < -0.4 is 5.32 Å². The molecule has 0 fully saturated rings. The Labute approximate surface area is 129 Å². The van der Waals surface area contributed by atoms with Crippen LogP contribution in [-0.2, 0) is 4.79 Å². The maximum absolute atomic E-state index is 12.5. The van der Waals surface area contributed by atoms with E-state index >= 15 is 0 Å². The Kier molecular flexibility index (Phi) is 3.51. The molecule has 1 N–H and O–H groups in total. The highest BCUT2D eigenvalue weighted by molar-refractivity contribution is 6.11. The molecule has 1 aliphatic rings. The Morgan fingerprint density at radius 2 is 1.64 bits per heavy atom. The number of carbonyl (C=O) groups is 2. The van der Waals surface area contributed by atoms with Gasteiger partial charge in [-0.25, -0.2) is 0 Å². The molecule has 2 aromatic carbocycles. The van der Waals surface area contributed by atoms with Crippen molar-refractivity contribution in [3.05, 3.63) is 72.3 Å². The molecule has 1 atom stereocenters. The first-order chi connectivity index (χ1) is 10.6. The van der Waals surface area contributed by atoms with Crippen LogP contribution in [-0.4, -0.2) is 22.8 Å². The molecule has 0 bridgehead atoms. The fourth-order valence-electron chi connectivity index (χ4n) is 2.60. The molecule has 0 radical (unpaired) electrons. The minimum Gasteiger partial charge on any atom is -0.324 e. The van der Waals surface area contributed by atoms with Crippen molar-refractivity contribution < 1.29 is 9.59 Å². The zero-order valence-electron chi connectivity index (χ0n) is 12.2. The maximum Gasteiger partial charge on any atom is 0.259 e. The summed E-state index contributed by atoms with van der Waals surface area (Å²) >= 11 is 0. The van der Waals surface area contributed by atoms with Crippen molar-refractivity contribution in [2.75, 3.05) is 5.32 Å². The number of amides is 2. The molecule has 4 heteroatoms. The Hall–Kier alpha value is -2.88. The molecule has 22 heavy (non-hydrogen) atoms. The van der Waals surface area contributed by atoms with E-state index in [0.717, 1.165) is 5.56 Å². The van der Waals surface area contributed by atoms with E-state index in [2.05, 4.69) is 11.9 Å². The summed E-state index contributed by atoms with van der Waals surface area (Å²) in [6.07, 6.45) is 0. The van der Waals surface area contributed by atoms with Gasteiger partial charge < -0.3 is 5.32 Å². The number of hydrogen-bond acceptors (Lipinski definition) is 2. The maximum atomic E-state index is 12.5. The third-order valence-corrected chi connectivity index (χ3v) is 3.79. The van der Waals surface area contributed by atoms with Gasteiger partial charge in [0.25, 0.3) is 5.91 Å². The second-order valence-corrected chi connectivity index (χ2v) is 5.20. The highest BCUT2D eigenvalue weighted by Gasteiger charge is 2.36. The van der Waals surface area contributed by atoms with Crippen LogP contribution in [0.4, 0.5) is 5.69 Å². The van der Waals surface area contributed by atoms with E-state index in [1.807, 2.05) is 36.4 Å². The minimum atomic E-state index is -0.632. The van der Waals surface area contributed by atoms with E-state index in [0.29, 0.717) is 16.9 Å². The lowest BCUT2D eigenvalue weighted by molar-refractivity contribution is -0.119. The fourth-order valence-corrected chi connectivity index (χ4v) is 2.60. The van der Waals surface area contributed by atoms with E-state index in [4.69, 9.17) is 0 Å². The lowest BCUT2D eigenvalue weighted by Crippen LogP contribution is -2.41. The average molecular weight is 292 g/mol. The number of rotatable bonds is 3. The molecule has 0 saturated carbocycles.